The third-order valence-electron chi connectivity index (χ3n) is 2.62. The van der Waals surface area contributed by atoms with Crippen molar-refractivity contribution in [1.29, 1.82) is 0 Å². The Bertz CT molecular complexity index is 593. The zero-order valence-corrected chi connectivity index (χ0v) is 12.0. The van der Waals surface area contributed by atoms with Gasteiger partial charge in [0.2, 0.25) is 0 Å². The zero-order valence-electron chi connectivity index (χ0n) is 10.4. The molecule has 2 aromatic rings. The summed E-state index contributed by atoms with van der Waals surface area (Å²) >= 11 is 3.27. The SMILES string of the molecule is CCc1ccc(CSc2ccc(F)c(C(=O)O)c2)s1. The van der Waals surface area contributed by atoms with Crippen molar-refractivity contribution in [2.75, 3.05) is 0 Å². The number of thiophene rings is 1. The van der Waals surface area contributed by atoms with Crippen LogP contribution in [-0.4, -0.2) is 11.1 Å². The Labute approximate surface area is 119 Å². The molecule has 0 amide bonds. The number of aryl methyl sites for hydroxylation is 1. The van der Waals surface area contributed by atoms with Gasteiger partial charge < -0.3 is 5.11 Å². The van der Waals surface area contributed by atoms with E-state index in [0.717, 1.165) is 17.1 Å². The first-order valence-corrected chi connectivity index (χ1v) is 7.63. The standard InChI is InChI=1S/C14H13FO2S2/c1-2-9-3-4-11(19-9)8-18-10-5-6-13(15)12(7-10)14(16)17/h3-7H,2,8H2,1H3,(H,16,17). The average Bonchev–Trinajstić information content (AvgIpc) is 2.85. The number of carbonyl (C=O) groups is 1. The van der Waals surface area contributed by atoms with Gasteiger partial charge in [-0.1, -0.05) is 6.92 Å². The fourth-order valence-electron chi connectivity index (χ4n) is 1.60. The van der Waals surface area contributed by atoms with Crippen LogP contribution in [0.2, 0.25) is 0 Å². The normalized spacial score (nSPS) is 10.6. The van der Waals surface area contributed by atoms with Gasteiger partial charge in [0.25, 0.3) is 0 Å². The minimum Gasteiger partial charge on any atom is -0.478 e. The molecule has 0 saturated carbocycles. The first-order valence-electron chi connectivity index (χ1n) is 5.83. The largest absolute Gasteiger partial charge is 0.478 e. The minimum absolute atomic E-state index is 0.273. The third-order valence-corrected chi connectivity index (χ3v) is 5.07. The van der Waals surface area contributed by atoms with Gasteiger partial charge in [0.05, 0.1) is 5.56 Å². The summed E-state index contributed by atoms with van der Waals surface area (Å²) in [6, 6.07) is 8.39. The molecule has 1 N–H and O–H groups in total. The summed E-state index contributed by atoms with van der Waals surface area (Å²) in [4.78, 5) is 14.2. The maximum atomic E-state index is 13.2. The molecule has 5 heteroatoms. The highest BCUT2D eigenvalue weighted by Crippen LogP contribution is 2.28. The summed E-state index contributed by atoms with van der Waals surface area (Å²) < 4.78 is 13.2. The van der Waals surface area contributed by atoms with Gasteiger partial charge >= 0.3 is 5.97 Å². The molecule has 0 aliphatic carbocycles. The molecule has 100 valence electrons. The van der Waals surface area contributed by atoms with E-state index in [1.807, 2.05) is 0 Å². The molecule has 19 heavy (non-hydrogen) atoms. The molecule has 0 aliphatic heterocycles. The predicted octanol–water partition coefficient (Wildman–Crippen LogP) is 4.44. The minimum atomic E-state index is -1.23. The first kappa shape index (κ1) is 14.1. The smallest absolute Gasteiger partial charge is 0.338 e. The first-order chi connectivity index (χ1) is 9.10. The van der Waals surface area contributed by atoms with Gasteiger partial charge in [0.1, 0.15) is 5.82 Å². The van der Waals surface area contributed by atoms with Crippen molar-refractivity contribution in [1.82, 2.24) is 0 Å². The predicted molar refractivity (Wildman–Crippen MR) is 76.6 cm³/mol. The van der Waals surface area contributed by atoms with Gasteiger partial charge in [0, 0.05) is 20.4 Å². The van der Waals surface area contributed by atoms with E-state index in [2.05, 4.69) is 19.1 Å². The van der Waals surface area contributed by atoms with E-state index in [1.165, 1.54) is 33.6 Å². The maximum absolute atomic E-state index is 13.2. The summed E-state index contributed by atoms with van der Waals surface area (Å²) in [5, 5.41) is 8.86. The van der Waals surface area contributed by atoms with Gasteiger partial charge in [-0.25, -0.2) is 9.18 Å². The number of halogens is 1. The van der Waals surface area contributed by atoms with Crippen molar-refractivity contribution in [2.45, 2.75) is 24.0 Å². The molecule has 0 bridgehead atoms. The fourth-order valence-corrected chi connectivity index (χ4v) is 3.54. The number of hydrogen-bond acceptors (Lipinski definition) is 3. The summed E-state index contributed by atoms with van der Waals surface area (Å²) in [6.07, 6.45) is 1.02. The van der Waals surface area contributed by atoms with E-state index >= 15 is 0 Å². The number of hydrogen-bond donors (Lipinski definition) is 1. The summed E-state index contributed by atoms with van der Waals surface area (Å²) in [5.74, 6) is -1.15. The Balaban J connectivity index is 2.07. The Kier molecular flexibility index (Phi) is 4.61. The van der Waals surface area contributed by atoms with Crippen molar-refractivity contribution in [3.05, 3.63) is 51.5 Å². The third kappa shape index (κ3) is 3.58. The van der Waals surface area contributed by atoms with E-state index < -0.39 is 11.8 Å². The van der Waals surface area contributed by atoms with Crippen molar-refractivity contribution in [2.24, 2.45) is 0 Å². The Morgan fingerprint density at radius 2 is 2.05 bits per heavy atom. The molecular weight excluding hydrogens is 283 g/mol. The second-order valence-electron chi connectivity index (χ2n) is 3.96. The van der Waals surface area contributed by atoms with Gasteiger partial charge in [-0.05, 0) is 36.8 Å². The number of thioether (sulfide) groups is 1. The van der Waals surface area contributed by atoms with Crippen LogP contribution < -0.4 is 0 Å². The zero-order chi connectivity index (χ0) is 13.8. The quantitative estimate of drug-likeness (QED) is 0.829. The van der Waals surface area contributed by atoms with Crippen LogP contribution in [0, 0.1) is 5.82 Å². The van der Waals surface area contributed by atoms with E-state index in [0.29, 0.717) is 0 Å². The number of rotatable bonds is 5. The number of carboxylic acids is 1. The molecule has 1 aromatic heterocycles. The monoisotopic (exact) mass is 296 g/mol. The van der Waals surface area contributed by atoms with Crippen LogP contribution >= 0.6 is 23.1 Å². The van der Waals surface area contributed by atoms with Crippen molar-refractivity contribution < 1.29 is 14.3 Å². The molecule has 0 radical (unpaired) electrons. The molecule has 1 aromatic carbocycles. The lowest BCUT2D eigenvalue weighted by Crippen LogP contribution is -2.00. The molecular formula is C14H13FO2S2. The highest BCUT2D eigenvalue weighted by Gasteiger charge is 2.11. The molecule has 2 rings (SSSR count). The van der Waals surface area contributed by atoms with Crippen molar-refractivity contribution in [3.8, 4) is 0 Å². The maximum Gasteiger partial charge on any atom is 0.338 e. The number of carboxylic acid groups (broad SMARTS) is 1. The lowest BCUT2D eigenvalue weighted by Gasteiger charge is -2.02. The van der Waals surface area contributed by atoms with Crippen LogP contribution in [0.15, 0.2) is 35.2 Å². The van der Waals surface area contributed by atoms with E-state index in [-0.39, 0.29) is 5.56 Å². The van der Waals surface area contributed by atoms with Crippen LogP contribution in [0.25, 0.3) is 0 Å². The summed E-state index contributed by atoms with van der Waals surface area (Å²) in [6.45, 7) is 2.11. The molecule has 0 unspecified atom stereocenters. The molecule has 0 spiro atoms. The van der Waals surface area contributed by atoms with E-state index in [1.54, 1.807) is 17.4 Å². The van der Waals surface area contributed by atoms with Gasteiger partial charge in [-0.2, -0.15) is 0 Å². The summed E-state index contributed by atoms with van der Waals surface area (Å²) in [5.41, 5.74) is -0.273. The van der Waals surface area contributed by atoms with Crippen molar-refractivity contribution in [3.63, 3.8) is 0 Å². The highest BCUT2D eigenvalue weighted by molar-refractivity contribution is 7.98. The van der Waals surface area contributed by atoms with Gasteiger partial charge in [-0.15, -0.1) is 23.1 Å². The lowest BCUT2D eigenvalue weighted by atomic mass is 10.2. The van der Waals surface area contributed by atoms with Gasteiger partial charge in [-0.3, -0.25) is 0 Å². The topological polar surface area (TPSA) is 37.3 Å². The Morgan fingerprint density at radius 3 is 2.68 bits per heavy atom. The summed E-state index contributed by atoms with van der Waals surface area (Å²) in [7, 11) is 0. The molecule has 0 aliphatic rings. The molecule has 1 heterocycles. The second kappa shape index (κ2) is 6.21. The molecule has 2 nitrogen and oxygen atoms in total. The van der Waals surface area contributed by atoms with E-state index in [9.17, 15) is 9.18 Å². The molecule has 0 saturated heterocycles. The molecule has 0 atom stereocenters. The Hall–Kier alpha value is -1.33. The van der Waals surface area contributed by atoms with E-state index in [4.69, 9.17) is 5.11 Å². The van der Waals surface area contributed by atoms with Gasteiger partial charge in [0.15, 0.2) is 0 Å². The lowest BCUT2D eigenvalue weighted by molar-refractivity contribution is 0.0691. The Morgan fingerprint density at radius 1 is 1.32 bits per heavy atom. The van der Waals surface area contributed by atoms with Crippen LogP contribution in [-0.2, 0) is 12.2 Å². The van der Waals surface area contributed by atoms with Crippen LogP contribution in [0.4, 0.5) is 4.39 Å². The van der Waals surface area contributed by atoms with Crippen LogP contribution in [0.5, 0.6) is 0 Å². The molecule has 0 fully saturated rings. The number of aromatic carboxylic acids is 1. The second-order valence-corrected chi connectivity index (χ2v) is 6.26. The van der Waals surface area contributed by atoms with Crippen LogP contribution in [0.1, 0.15) is 27.0 Å². The highest BCUT2D eigenvalue weighted by atomic mass is 32.2. The van der Waals surface area contributed by atoms with Crippen molar-refractivity contribution >= 4 is 29.1 Å². The average molecular weight is 296 g/mol. The fraction of sp³-hybridized carbons (Fsp3) is 0.214. The van der Waals surface area contributed by atoms with Crippen LogP contribution in [0.3, 0.4) is 0 Å². The number of benzene rings is 1.